The first-order valence-electron chi connectivity index (χ1n) is 7.23. The van der Waals surface area contributed by atoms with E-state index >= 15 is 0 Å². The largest absolute Gasteiger partial charge is 0.300 e. The average molecular weight is 281 g/mol. The molecule has 3 rings (SSSR count). The first-order chi connectivity index (χ1) is 9.61. The molecular formula is C15H21F2N3. The average Bonchev–Trinajstić information content (AvgIpc) is 2.65. The Labute approximate surface area is 118 Å². The molecule has 2 saturated heterocycles. The van der Waals surface area contributed by atoms with Crippen LogP contribution in [-0.2, 0) is 0 Å². The lowest BCUT2D eigenvalue weighted by Crippen LogP contribution is -2.45. The van der Waals surface area contributed by atoms with Crippen LogP contribution in [0.2, 0.25) is 0 Å². The van der Waals surface area contributed by atoms with Crippen LogP contribution < -0.4 is 11.3 Å². The fourth-order valence-corrected chi connectivity index (χ4v) is 3.99. The molecule has 2 fully saturated rings. The number of hydrogen-bond donors (Lipinski definition) is 2. The summed E-state index contributed by atoms with van der Waals surface area (Å²) in [7, 11) is 2.15. The van der Waals surface area contributed by atoms with Gasteiger partial charge in [-0.3, -0.25) is 11.3 Å². The number of fused-ring (bicyclic) bond motifs is 2. The highest BCUT2D eigenvalue weighted by Gasteiger charge is 2.42. The van der Waals surface area contributed by atoms with Crippen LogP contribution in [0.15, 0.2) is 18.2 Å². The summed E-state index contributed by atoms with van der Waals surface area (Å²) >= 11 is 0. The van der Waals surface area contributed by atoms with Crippen molar-refractivity contribution in [1.29, 1.82) is 0 Å². The molecule has 5 heteroatoms. The van der Waals surface area contributed by atoms with Gasteiger partial charge in [-0.05, 0) is 50.8 Å². The van der Waals surface area contributed by atoms with Gasteiger partial charge in [0, 0.05) is 17.6 Å². The van der Waals surface area contributed by atoms with E-state index in [4.69, 9.17) is 5.84 Å². The van der Waals surface area contributed by atoms with Crippen LogP contribution in [0, 0.1) is 17.6 Å². The molecular weight excluding hydrogens is 260 g/mol. The number of nitrogens with two attached hydrogens (primary N) is 1. The maximum Gasteiger partial charge on any atom is 0.130 e. The first-order valence-corrected chi connectivity index (χ1v) is 7.23. The molecule has 0 spiro atoms. The van der Waals surface area contributed by atoms with Crippen molar-refractivity contribution in [1.82, 2.24) is 10.3 Å². The van der Waals surface area contributed by atoms with Gasteiger partial charge in [0.15, 0.2) is 0 Å². The Morgan fingerprint density at radius 3 is 2.25 bits per heavy atom. The van der Waals surface area contributed by atoms with E-state index < -0.39 is 17.7 Å². The second-order valence-corrected chi connectivity index (χ2v) is 6.06. The number of nitrogens with one attached hydrogen (secondary N) is 1. The second-order valence-electron chi connectivity index (χ2n) is 6.06. The smallest absolute Gasteiger partial charge is 0.130 e. The normalized spacial score (nSPS) is 31.5. The molecule has 2 aliphatic heterocycles. The van der Waals surface area contributed by atoms with Crippen molar-refractivity contribution < 1.29 is 8.78 Å². The summed E-state index contributed by atoms with van der Waals surface area (Å²) in [6.07, 6.45) is 4.23. The Morgan fingerprint density at radius 2 is 1.75 bits per heavy atom. The third-order valence-electron chi connectivity index (χ3n) is 5.10. The maximum absolute atomic E-state index is 14.0. The van der Waals surface area contributed by atoms with Gasteiger partial charge in [-0.25, -0.2) is 8.78 Å². The number of halogens is 2. The Hall–Kier alpha value is -1.04. The van der Waals surface area contributed by atoms with Crippen LogP contribution in [0.4, 0.5) is 8.78 Å². The zero-order valence-electron chi connectivity index (χ0n) is 11.7. The van der Waals surface area contributed by atoms with Crippen molar-refractivity contribution in [3.63, 3.8) is 0 Å². The number of rotatable bonds is 3. The summed E-state index contributed by atoms with van der Waals surface area (Å²) in [6.45, 7) is 0. The molecule has 3 unspecified atom stereocenters. The van der Waals surface area contributed by atoms with Gasteiger partial charge in [-0.15, -0.1) is 0 Å². The first kappa shape index (κ1) is 13.9. The quantitative estimate of drug-likeness (QED) is 0.660. The van der Waals surface area contributed by atoms with Gasteiger partial charge in [0.2, 0.25) is 0 Å². The zero-order chi connectivity index (χ0) is 14.3. The molecule has 0 aromatic heterocycles. The lowest BCUT2D eigenvalue weighted by Gasteiger charge is -2.39. The van der Waals surface area contributed by atoms with Crippen LogP contribution in [-0.4, -0.2) is 24.0 Å². The van der Waals surface area contributed by atoms with Crippen molar-refractivity contribution in [3.8, 4) is 0 Å². The molecule has 2 heterocycles. The summed E-state index contributed by atoms with van der Waals surface area (Å²) in [5.41, 5.74) is 2.74. The van der Waals surface area contributed by atoms with E-state index in [0.717, 1.165) is 12.8 Å². The van der Waals surface area contributed by atoms with Gasteiger partial charge < -0.3 is 4.90 Å². The van der Waals surface area contributed by atoms with Crippen molar-refractivity contribution in [2.45, 2.75) is 43.8 Å². The molecule has 1 aromatic carbocycles. The highest BCUT2D eigenvalue weighted by Crippen LogP contribution is 2.43. The molecule has 3 nitrogen and oxygen atoms in total. The molecule has 0 radical (unpaired) electrons. The Balaban J connectivity index is 1.88. The monoisotopic (exact) mass is 281 g/mol. The second kappa shape index (κ2) is 5.39. The number of nitrogens with zero attached hydrogens (tertiary/aromatic N) is 1. The molecule has 1 aromatic rings. The molecule has 20 heavy (non-hydrogen) atoms. The lowest BCUT2D eigenvalue weighted by molar-refractivity contribution is 0.110. The third kappa shape index (κ3) is 2.24. The van der Waals surface area contributed by atoms with Gasteiger partial charge in [0.1, 0.15) is 11.6 Å². The fraction of sp³-hybridized carbons (Fsp3) is 0.600. The summed E-state index contributed by atoms with van der Waals surface area (Å²) in [5, 5.41) is 0. The minimum atomic E-state index is -0.515. The van der Waals surface area contributed by atoms with Crippen molar-refractivity contribution >= 4 is 0 Å². The molecule has 110 valence electrons. The van der Waals surface area contributed by atoms with E-state index in [2.05, 4.69) is 17.4 Å². The highest BCUT2D eigenvalue weighted by molar-refractivity contribution is 5.24. The van der Waals surface area contributed by atoms with Crippen LogP contribution in [0.25, 0.3) is 0 Å². The summed E-state index contributed by atoms with van der Waals surface area (Å²) in [6, 6.07) is 4.57. The third-order valence-corrected chi connectivity index (χ3v) is 5.10. The number of benzene rings is 1. The van der Waals surface area contributed by atoms with Gasteiger partial charge in [0.25, 0.3) is 0 Å². The molecule has 0 amide bonds. The lowest BCUT2D eigenvalue weighted by atomic mass is 9.82. The summed E-state index contributed by atoms with van der Waals surface area (Å²) in [4.78, 5) is 2.40. The van der Waals surface area contributed by atoms with E-state index in [1.54, 1.807) is 0 Å². The molecule has 2 aliphatic rings. The van der Waals surface area contributed by atoms with Gasteiger partial charge in [-0.1, -0.05) is 6.07 Å². The van der Waals surface area contributed by atoms with Crippen LogP contribution >= 0.6 is 0 Å². The minimum absolute atomic E-state index is 0.0870. The van der Waals surface area contributed by atoms with E-state index in [9.17, 15) is 8.78 Å². The summed E-state index contributed by atoms with van der Waals surface area (Å²) < 4.78 is 28.0. The van der Waals surface area contributed by atoms with Gasteiger partial charge >= 0.3 is 0 Å². The van der Waals surface area contributed by atoms with Gasteiger partial charge in [0.05, 0.1) is 6.04 Å². The van der Waals surface area contributed by atoms with Crippen molar-refractivity contribution in [2.24, 2.45) is 11.8 Å². The Kier molecular flexibility index (Phi) is 3.75. The standard InChI is InChI=1S/C15H21F2N3/c1-20-10-5-6-11(20)8-9(7-10)15(19-18)14-12(16)3-2-4-13(14)17/h2-4,9-11,15,19H,5-8,18H2,1H3. The molecule has 2 bridgehead atoms. The van der Waals surface area contributed by atoms with Crippen molar-refractivity contribution in [3.05, 3.63) is 35.4 Å². The fourth-order valence-electron chi connectivity index (χ4n) is 3.99. The maximum atomic E-state index is 14.0. The number of hydrogen-bond acceptors (Lipinski definition) is 3. The van der Waals surface area contributed by atoms with E-state index in [-0.39, 0.29) is 11.5 Å². The minimum Gasteiger partial charge on any atom is -0.300 e. The van der Waals surface area contributed by atoms with E-state index in [1.165, 1.54) is 31.0 Å². The Bertz CT molecular complexity index is 460. The molecule has 0 saturated carbocycles. The SMILES string of the molecule is CN1C2CCC1CC(C(NN)c1c(F)cccc1F)C2. The van der Waals surface area contributed by atoms with Crippen LogP contribution in [0.5, 0.6) is 0 Å². The topological polar surface area (TPSA) is 41.3 Å². The van der Waals surface area contributed by atoms with Crippen LogP contribution in [0.1, 0.15) is 37.3 Å². The zero-order valence-corrected chi connectivity index (χ0v) is 11.7. The van der Waals surface area contributed by atoms with Crippen molar-refractivity contribution in [2.75, 3.05) is 7.05 Å². The Morgan fingerprint density at radius 1 is 1.20 bits per heavy atom. The molecule has 3 N–H and O–H groups in total. The number of hydrazine groups is 1. The van der Waals surface area contributed by atoms with Crippen LogP contribution in [0.3, 0.4) is 0 Å². The summed E-state index contributed by atoms with van der Waals surface area (Å²) in [5.74, 6) is 4.77. The molecule has 3 atom stereocenters. The number of piperidine rings is 1. The highest BCUT2D eigenvalue weighted by atomic mass is 19.1. The molecule has 0 aliphatic carbocycles. The predicted molar refractivity (Wildman–Crippen MR) is 73.7 cm³/mol. The van der Waals surface area contributed by atoms with Gasteiger partial charge in [-0.2, -0.15) is 0 Å². The van der Waals surface area contributed by atoms with E-state index in [1.807, 2.05) is 0 Å². The van der Waals surface area contributed by atoms with E-state index in [0.29, 0.717) is 12.1 Å². The predicted octanol–water partition coefficient (Wildman–Crippen LogP) is 2.34.